The Kier molecular flexibility index (Phi) is 5.13. The lowest BCUT2D eigenvalue weighted by Crippen LogP contribution is -2.55. The van der Waals surface area contributed by atoms with Crippen LogP contribution in [0.2, 0.25) is 0 Å². The zero-order valence-corrected chi connectivity index (χ0v) is 6.81. The van der Waals surface area contributed by atoms with E-state index in [1.54, 1.807) is 0 Å². The highest BCUT2D eigenvalue weighted by Gasteiger charge is 2.71. The highest BCUT2D eigenvalue weighted by Crippen LogP contribution is 2.41. The first-order valence-corrected chi connectivity index (χ1v) is 2.91. The fraction of sp³-hybridized carbons (Fsp3) is 1.00. The second kappa shape index (κ2) is 4.65. The summed E-state index contributed by atoms with van der Waals surface area (Å²) in [7, 11) is 0. The standard InChI is InChI=1S/C3H2F6O2.CH2F2O2/c4-1(10,2(5,6)7)3(8,9)11;2-1(3,4)5/h10-11H;4-5H. The zero-order chi connectivity index (χ0) is 14.0. The molecule has 0 saturated heterocycles. The molecule has 0 spiro atoms. The van der Waals surface area contributed by atoms with Crippen LogP contribution in [0, 0.1) is 0 Å². The molecule has 0 bridgehead atoms. The zero-order valence-electron chi connectivity index (χ0n) is 6.81. The molecule has 0 heterocycles. The van der Waals surface area contributed by atoms with Crippen molar-refractivity contribution in [3.05, 3.63) is 0 Å². The first-order chi connectivity index (χ1) is 6.50. The van der Waals surface area contributed by atoms with E-state index in [9.17, 15) is 35.1 Å². The molecule has 16 heavy (non-hydrogen) atoms. The van der Waals surface area contributed by atoms with Crippen LogP contribution < -0.4 is 0 Å². The van der Waals surface area contributed by atoms with Gasteiger partial charge < -0.3 is 20.4 Å². The average molecular weight is 268 g/mol. The van der Waals surface area contributed by atoms with E-state index in [0.29, 0.717) is 0 Å². The highest BCUT2D eigenvalue weighted by atomic mass is 19.4. The van der Waals surface area contributed by atoms with E-state index in [4.69, 9.17) is 20.4 Å². The van der Waals surface area contributed by atoms with E-state index in [1.165, 1.54) is 0 Å². The van der Waals surface area contributed by atoms with Crippen molar-refractivity contribution in [2.45, 2.75) is 24.4 Å². The van der Waals surface area contributed by atoms with Crippen molar-refractivity contribution in [1.82, 2.24) is 0 Å². The first-order valence-electron chi connectivity index (χ1n) is 2.91. The maximum Gasteiger partial charge on any atom is 0.480 e. The van der Waals surface area contributed by atoms with Gasteiger partial charge in [-0.3, -0.25) is 0 Å². The van der Waals surface area contributed by atoms with Crippen molar-refractivity contribution in [2.24, 2.45) is 0 Å². The van der Waals surface area contributed by atoms with Gasteiger partial charge >= 0.3 is 24.4 Å². The van der Waals surface area contributed by atoms with Gasteiger partial charge in [-0.05, 0) is 0 Å². The molecule has 0 radical (unpaired) electrons. The Morgan fingerprint density at radius 3 is 0.750 bits per heavy atom. The molecule has 12 heteroatoms. The molecule has 0 aromatic heterocycles. The van der Waals surface area contributed by atoms with Crippen LogP contribution in [-0.2, 0) is 0 Å². The summed E-state index contributed by atoms with van der Waals surface area (Å²) in [5, 5.41) is 28.1. The minimum absolute atomic E-state index is 4.50. The fourth-order valence-electron chi connectivity index (χ4n) is 0.171. The molecule has 0 aliphatic heterocycles. The summed E-state index contributed by atoms with van der Waals surface area (Å²) in [5.74, 6) is -5.90. The second-order valence-electron chi connectivity index (χ2n) is 2.17. The molecule has 1 unspecified atom stereocenters. The lowest BCUT2D eigenvalue weighted by atomic mass is 10.3. The van der Waals surface area contributed by atoms with Crippen molar-refractivity contribution in [1.29, 1.82) is 0 Å². The van der Waals surface area contributed by atoms with Crippen molar-refractivity contribution < 1.29 is 55.5 Å². The number of alkyl halides is 8. The molecule has 0 aromatic rings. The average Bonchev–Trinajstić information content (AvgIpc) is 1.76. The van der Waals surface area contributed by atoms with E-state index in [0.717, 1.165) is 0 Å². The Balaban J connectivity index is 0. The SMILES string of the molecule is OC(F)(F)C(O)(F)C(F)(F)F.OC(O)(F)F. The van der Waals surface area contributed by atoms with E-state index >= 15 is 0 Å². The maximum atomic E-state index is 11.5. The van der Waals surface area contributed by atoms with Gasteiger partial charge in [-0.1, -0.05) is 0 Å². The van der Waals surface area contributed by atoms with Crippen molar-refractivity contribution in [3.8, 4) is 0 Å². The number of rotatable bonds is 1. The lowest BCUT2D eigenvalue weighted by molar-refractivity contribution is -0.438. The van der Waals surface area contributed by atoms with Crippen LogP contribution in [0.4, 0.5) is 35.1 Å². The molecule has 4 N–H and O–H groups in total. The summed E-state index contributed by atoms with van der Waals surface area (Å²) in [4.78, 5) is 0. The summed E-state index contributed by atoms with van der Waals surface area (Å²) >= 11 is 0. The normalized spacial score (nSPS) is 17.2. The van der Waals surface area contributed by atoms with Crippen LogP contribution >= 0.6 is 0 Å². The van der Waals surface area contributed by atoms with Gasteiger partial charge in [0.25, 0.3) is 0 Å². The molecule has 0 rings (SSSR count). The fourth-order valence-corrected chi connectivity index (χ4v) is 0.171. The molecule has 0 amide bonds. The Morgan fingerprint density at radius 2 is 0.750 bits per heavy atom. The molecule has 1 atom stereocenters. The van der Waals surface area contributed by atoms with Crippen LogP contribution in [0.5, 0.6) is 0 Å². The lowest BCUT2D eigenvalue weighted by Gasteiger charge is -2.25. The number of halogens is 8. The van der Waals surface area contributed by atoms with E-state index < -0.39 is 24.4 Å². The van der Waals surface area contributed by atoms with Gasteiger partial charge in [0.05, 0.1) is 0 Å². The summed E-state index contributed by atoms with van der Waals surface area (Å²) in [6.07, 6.45) is -16.6. The van der Waals surface area contributed by atoms with Gasteiger partial charge in [0.15, 0.2) is 0 Å². The summed E-state index contributed by atoms with van der Waals surface area (Å²) in [6.45, 7) is 0. The van der Waals surface area contributed by atoms with E-state index in [1.807, 2.05) is 0 Å². The molecule has 0 fully saturated rings. The molecule has 0 aromatic carbocycles. The van der Waals surface area contributed by atoms with Gasteiger partial charge in [0, 0.05) is 0 Å². The molecule has 0 aliphatic carbocycles. The molecule has 4 nitrogen and oxygen atoms in total. The third kappa shape index (κ3) is 6.71. The van der Waals surface area contributed by atoms with Gasteiger partial charge in [0.2, 0.25) is 0 Å². The van der Waals surface area contributed by atoms with Crippen LogP contribution in [0.25, 0.3) is 0 Å². The highest BCUT2D eigenvalue weighted by molar-refractivity contribution is 4.82. The van der Waals surface area contributed by atoms with Crippen LogP contribution in [0.1, 0.15) is 0 Å². The second-order valence-corrected chi connectivity index (χ2v) is 2.17. The quantitative estimate of drug-likeness (QED) is 0.407. The Hall–Kier alpha value is -0.720. The first kappa shape index (κ1) is 17.7. The topological polar surface area (TPSA) is 80.9 Å². The van der Waals surface area contributed by atoms with Crippen LogP contribution in [-0.4, -0.2) is 44.9 Å². The summed E-state index contributed by atoms with van der Waals surface area (Å²) in [5.41, 5.74) is 0. The van der Waals surface area contributed by atoms with Crippen LogP contribution in [0.3, 0.4) is 0 Å². The van der Waals surface area contributed by atoms with Gasteiger partial charge in [0.1, 0.15) is 0 Å². The van der Waals surface area contributed by atoms with Gasteiger partial charge in [-0.15, -0.1) is 8.78 Å². The third-order valence-corrected chi connectivity index (χ3v) is 0.774. The van der Waals surface area contributed by atoms with Gasteiger partial charge in [-0.25, -0.2) is 0 Å². The smallest absolute Gasteiger partial charge is 0.348 e. The molecule has 100 valence electrons. The van der Waals surface area contributed by atoms with E-state index in [2.05, 4.69) is 0 Å². The third-order valence-electron chi connectivity index (χ3n) is 0.774. The number of hydrogen-bond acceptors (Lipinski definition) is 4. The molecule has 0 aliphatic rings. The van der Waals surface area contributed by atoms with E-state index in [-0.39, 0.29) is 0 Å². The van der Waals surface area contributed by atoms with Crippen molar-refractivity contribution in [2.75, 3.05) is 0 Å². The van der Waals surface area contributed by atoms with Crippen molar-refractivity contribution >= 4 is 0 Å². The van der Waals surface area contributed by atoms with Gasteiger partial charge in [-0.2, -0.15) is 26.3 Å². The van der Waals surface area contributed by atoms with Crippen LogP contribution in [0.15, 0.2) is 0 Å². The summed E-state index contributed by atoms with van der Waals surface area (Å²) in [6, 6.07) is 0. The maximum absolute atomic E-state index is 11.5. The summed E-state index contributed by atoms with van der Waals surface area (Å²) < 4.78 is 87.4. The Morgan fingerprint density at radius 1 is 0.562 bits per heavy atom. The Bertz CT molecular complexity index is 190. The van der Waals surface area contributed by atoms with Crippen molar-refractivity contribution in [3.63, 3.8) is 0 Å². The Labute approximate surface area is 81.3 Å². The largest absolute Gasteiger partial charge is 0.480 e. The minimum Gasteiger partial charge on any atom is -0.348 e. The minimum atomic E-state index is -6.23. The number of hydrogen-bond donors (Lipinski definition) is 4. The molecular weight excluding hydrogens is 264 g/mol. The monoisotopic (exact) mass is 268 g/mol. The molecular formula is C4H4F8O4. The molecule has 0 saturated carbocycles. The number of aliphatic hydroxyl groups is 4. The predicted octanol–water partition coefficient (Wildman–Crippen LogP) is 0.313. The predicted molar refractivity (Wildman–Crippen MR) is 28.7 cm³/mol.